The fraction of sp³-hybridized carbons (Fsp3) is 0.778. The van der Waals surface area contributed by atoms with Crippen LogP contribution in [0.2, 0.25) is 0 Å². The van der Waals surface area contributed by atoms with Crippen LogP contribution in [0.25, 0.3) is 0 Å². The smallest absolute Gasteiger partial charge is 0.222 e. The van der Waals surface area contributed by atoms with Gasteiger partial charge in [0.1, 0.15) is 0 Å². The number of piperazine rings is 1. The summed E-state index contributed by atoms with van der Waals surface area (Å²) in [6.45, 7) is 9.89. The number of aromatic nitrogens is 2. The van der Waals surface area contributed by atoms with E-state index in [1.165, 1.54) is 31.4 Å². The van der Waals surface area contributed by atoms with Crippen molar-refractivity contribution in [2.24, 2.45) is 5.92 Å². The van der Waals surface area contributed by atoms with Crippen molar-refractivity contribution in [2.45, 2.75) is 52.5 Å². The molecule has 1 aliphatic carbocycles. The second-order valence-electron chi connectivity index (χ2n) is 7.23. The van der Waals surface area contributed by atoms with Gasteiger partial charge in [0.25, 0.3) is 0 Å². The summed E-state index contributed by atoms with van der Waals surface area (Å²) in [5, 5.41) is 4.52. The molecular formula is C18H30N4O. The first-order valence-corrected chi connectivity index (χ1v) is 9.13. The number of hydrogen-bond donors (Lipinski definition) is 0. The predicted octanol–water partition coefficient (Wildman–Crippen LogP) is 2.22. The van der Waals surface area contributed by atoms with Gasteiger partial charge in [0.15, 0.2) is 0 Å². The van der Waals surface area contributed by atoms with Gasteiger partial charge in [-0.1, -0.05) is 12.8 Å². The molecular weight excluding hydrogens is 288 g/mol. The number of aryl methyl sites for hydroxylation is 2. The Morgan fingerprint density at radius 2 is 1.83 bits per heavy atom. The van der Waals surface area contributed by atoms with Gasteiger partial charge < -0.3 is 4.90 Å². The van der Waals surface area contributed by atoms with E-state index in [0.29, 0.717) is 11.8 Å². The number of rotatable bonds is 5. The third-order valence-corrected chi connectivity index (χ3v) is 5.39. The van der Waals surface area contributed by atoms with E-state index < -0.39 is 0 Å². The molecule has 1 saturated heterocycles. The quantitative estimate of drug-likeness (QED) is 0.836. The molecule has 128 valence electrons. The van der Waals surface area contributed by atoms with E-state index in [1.807, 2.05) is 6.92 Å². The van der Waals surface area contributed by atoms with E-state index in [9.17, 15) is 4.79 Å². The Kier molecular flexibility index (Phi) is 5.36. The SMILES string of the molecule is Cc1cc(C)n(CCN2CCN(C(=O)CC3CCCC3)CC2)n1. The molecule has 1 aromatic rings. The number of carbonyl (C=O) groups excluding carboxylic acids is 1. The van der Waals surface area contributed by atoms with Crippen molar-refractivity contribution in [1.29, 1.82) is 0 Å². The molecule has 2 aliphatic rings. The van der Waals surface area contributed by atoms with Crippen LogP contribution in [0.1, 0.15) is 43.5 Å². The first-order chi connectivity index (χ1) is 11.1. The molecule has 0 unspecified atom stereocenters. The molecule has 1 amide bonds. The molecule has 23 heavy (non-hydrogen) atoms. The number of amides is 1. The van der Waals surface area contributed by atoms with E-state index in [0.717, 1.165) is 51.4 Å². The van der Waals surface area contributed by atoms with Crippen molar-refractivity contribution in [3.8, 4) is 0 Å². The largest absolute Gasteiger partial charge is 0.340 e. The highest BCUT2D eigenvalue weighted by Gasteiger charge is 2.25. The van der Waals surface area contributed by atoms with Gasteiger partial charge in [-0.15, -0.1) is 0 Å². The summed E-state index contributed by atoms with van der Waals surface area (Å²) in [7, 11) is 0. The minimum absolute atomic E-state index is 0.384. The molecule has 5 nitrogen and oxygen atoms in total. The lowest BCUT2D eigenvalue weighted by molar-refractivity contribution is -0.133. The average molecular weight is 318 g/mol. The van der Waals surface area contributed by atoms with Gasteiger partial charge in [-0.05, 0) is 38.7 Å². The zero-order chi connectivity index (χ0) is 16.2. The van der Waals surface area contributed by atoms with Crippen molar-refractivity contribution >= 4 is 5.91 Å². The fourth-order valence-electron chi connectivity index (χ4n) is 3.95. The van der Waals surface area contributed by atoms with Gasteiger partial charge >= 0.3 is 0 Å². The lowest BCUT2D eigenvalue weighted by Gasteiger charge is -2.35. The average Bonchev–Trinajstić information content (AvgIpc) is 3.15. The summed E-state index contributed by atoms with van der Waals surface area (Å²) in [6.07, 6.45) is 5.94. The third kappa shape index (κ3) is 4.34. The Morgan fingerprint density at radius 1 is 1.13 bits per heavy atom. The van der Waals surface area contributed by atoms with Crippen LogP contribution in [0.4, 0.5) is 0 Å². The topological polar surface area (TPSA) is 41.4 Å². The molecule has 1 saturated carbocycles. The Hall–Kier alpha value is -1.36. The zero-order valence-electron chi connectivity index (χ0n) is 14.6. The molecule has 0 N–H and O–H groups in total. The first kappa shape index (κ1) is 16.5. The third-order valence-electron chi connectivity index (χ3n) is 5.39. The molecule has 0 radical (unpaired) electrons. The molecule has 3 rings (SSSR count). The summed E-state index contributed by atoms with van der Waals surface area (Å²) in [6, 6.07) is 2.12. The van der Waals surface area contributed by atoms with Crippen LogP contribution in [-0.2, 0) is 11.3 Å². The van der Waals surface area contributed by atoms with E-state index in [1.54, 1.807) is 0 Å². The molecule has 0 bridgehead atoms. The van der Waals surface area contributed by atoms with E-state index in [4.69, 9.17) is 0 Å². The maximum absolute atomic E-state index is 12.4. The fourth-order valence-corrected chi connectivity index (χ4v) is 3.95. The van der Waals surface area contributed by atoms with Crippen molar-refractivity contribution in [3.05, 3.63) is 17.5 Å². The van der Waals surface area contributed by atoms with Gasteiger partial charge in [-0.3, -0.25) is 14.4 Å². The highest BCUT2D eigenvalue weighted by atomic mass is 16.2. The Labute approximate surface area is 139 Å². The molecule has 0 spiro atoms. The standard InChI is InChI=1S/C18H30N4O/c1-15-13-16(2)22(19-15)12-9-20-7-10-21(11-8-20)18(23)14-17-5-3-4-6-17/h13,17H,3-12,14H2,1-2H3. The second-order valence-corrected chi connectivity index (χ2v) is 7.23. The minimum Gasteiger partial charge on any atom is -0.340 e. The van der Waals surface area contributed by atoms with Gasteiger partial charge in [-0.2, -0.15) is 5.10 Å². The van der Waals surface area contributed by atoms with Crippen molar-refractivity contribution < 1.29 is 4.79 Å². The molecule has 1 aliphatic heterocycles. The van der Waals surface area contributed by atoms with Crippen LogP contribution >= 0.6 is 0 Å². The summed E-state index contributed by atoms with van der Waals surface area (Å²) in [4.78, 5) is 16.9. The monoisotopic (exact) mass is 318 g/mol. The van der Waals surface area contributed by atoms with Gasteiger partial charge in [0.05, 0.1) is 12.2 Å². The van der Waals surface area contributed by atoms with Crippen molar-refractivity contribution in [2.75, 3.05) is 32.7 Å². The number of carbonyl (C=O) groups is 1. The van der Waals surface area contributed by atoms with Gasteiger partial charge in [0, 0.05) is 44.8 Å². The first-order valence-electron chi connectivity index (χ1n) is 9.13. The van der Waals surface area contributed by atoms with Crippen molar-refractivity contribution in [1.82, 2.24) is 19.6 Å². The normalized spacial score (nSPS) is 20.3. The molecule has 2 heterocycles. The van der Waals surface area contributed by atoms with Crippen LogP contribution < -0.4 is 0 Å². The van der Waals surface area contributed by atoms with Crippen molar-refractivity contribution in [3.63, 3.8) is 0 Å². The Balaban J connectivity index is 1.39. The maximum atomic E-state index is 12.4. The van der Waals surface area contributed by atoms with Crippen LogP contribution in [-0.4, -0.2) is 58.2 Å². The number of nitrogens with zero attached hydrogens (tertiary/aromatic N) is 4. The van der Waals surface area contributed by atoms with Crippen LogP contribution in [0, 0.1) is 19.8 Å². The lowest BCUT2D eigenvalue weighted by Crippen LogP contribution is -2.49. The van der Waals surface area contributed by atoms with Gasteiger partial charge in [0.2, 0.25) is 5.91 Å². The van der Waals surface area contributed by atoms with E-state index in [-0.39, 0.29) is 0 Å². The number of hydrogen-bond acceptors (Lipinski definition) is 3. The molecule has 2 fully saturated rings. The van der Waals surface area contributed by atoms with Gasteiger partial charge in [-0.25, -0.2) is 0 Å². The highest BCUT2D eigenvalue weighted by molar-refractivity contribution is 5.76. The molecule has 1 aromatic heterocycles. The second kappa shape index (κ2) is 7.47. The molecule has 5 heteroatoms. The van der Waals surface area contributed by atoms with E-state index in [2.05, 4.69) is 32.6 Å². The van der Waals surface area contributed by atoms with Crippen LogP contribution in [0.5, 0.6) is 0 Å². The van der Waals surface area contributed by atoms with Crippen LogP contribution in [0.3, 0.4) is 0 Å². The van der Waals surface area contributed by atoms with Crippen LogP contribution in [0.15, 0.2) is 6.07 Å². The summed E-state index contributed by atoms with van der Waals surface area (Å²) in [5.41, 5.74) is 2.32. The summed E-state index contributed by atoms with van der Waals surface area (Å²) in [5.74, 6) is 1.04. The minimum atomic E-state index is 0.384. The Bertz CT molecular complexity index is 525. The highest BCUT2D eigenvalue weighted by Crippen LogP contribution is 2.28. The summed E-state index contributed by atoms with van der Waals surface area (Å²) >= 11 is 0. The predicted molar refractivity (Wildman–Crippen MR) is 91.3 cm³/mol. The zero-order valence-corrected chi connectivity index (χ0v) is 14.6. The summed E-state index contributed by atoms with van der Waals surface area (Å²) < 4.78 is 2.09. The molecule has 0 aromatic carbocycles. The Morgan fingerprint density at radius 3 is 2.43 bits per heavy atom. The van der Waals surface area contributed by atoms with E-state index >= 15 is 0 Å². The maximum Gasteiger partial charge on any atom is 0.222 e. The lowest BCUT2D eigenvalue weighted by atomic mass is 10.0. The molecule has 0 atom stereocenters.